The summed E-state index contributed by atoms with van der Waals surface area (Å²) in [7, 11) is 0. The number of para-hydroxylation sites is 1. The van der Waals surface area contributed by atoms with Gasteiger partial charge in [0.2, 0.25) is 0 Å². The summed E-state index contributed by atoms with van der Waals surface area (Å²) in [6.07, 6.45) is 6.46. The lowest BCUT2D eigenvalue weighted by Crippen LogP contribution is -2.00. The molecular formula is C25H27N3. The van der Waals surface area contributed by atoms with Gasteiger partial charge in [-0.25, -0.2) is 0 Å². The zero-order chi connectivity index (χ0) is 19.3. The number of hydrogen-bond donors (Lipinski definition) is 1. The highest BCUT2D eigenvalue weighted by Gasteiger charge is 1.99. The Labute approximate surface area is 167 Å². The van der Waals surface area contributed by atoms with Crippen LogP contribution >= 0.6 is 0 Å². The second kappa shape index (κ2) is 11.5. The molecule has 0 aliphatic heterocycles. The van der Waals surface area contributed by atoms with E-state index in [0.717, 1.165) is 49.2 Å². The highest BCUT2D eigenvalue weighted by atomic mass is 15.1. The average Bonchev–Trinajstić information content (AvgIpc) is 2.76. The summed E-state index contributed by atoms with van der Waals surface area (Å²) in [5, 5.41) is 12.4. The van der Waals surface area contributed by atoms with Gasteiger partial charge in [0.05, 0.1) is 11.4 Å². The molecule has 0 heterocycles. The van der Waals surface area contributed by atoms with Gasteiger partial charge in [-0.2, -0.15) is 10.2 Å². The molecule has 0 saturated heterocycles. The van der Waals surface area contributed by atoms with Crippen molar-refractivity contribution < 1.29 is 0 Å². The maximum absolute atomic E-state index is 4.53. The summed E-state index contributed by atoms with van der Waals surface area (Å²) in [5.74, 6) is 0. The lowest BCUT2D eigenvalue weighted by molar-refractivity contribution is 0.690. The van der Waals surface area contributed by atoms with Crippen molar-refractivity contribution in [2.45, 2.75) is 25.7 Å². The summed E-state index contributed by atoms with van der Waals surface area (Å²) in [6.45, 7) is 0.993. The number of azo groups is 1. The minimum Gasteiger partial charge on any atom is -0.385 e. The molecule has 142 valence electrons. The minimum absolute atomic E-state index is 0.883. The number of unbranched alkanes of at least 4 members (excludes halogenated alkanes) is 2. The van der Waals surface area contributed by atoms with Crippen LogP contribution in [0.1, 0.15) is 31.2 Å². The van der Waals surface area contributed by atoms with Gasteiger partial charge in [0.1, 0.15) is 0 Å². The van der Waals surface area contributed by atoms with E-state index in [1.165, 1.54) is 5.69 Å². The summed E-state index contributed by atoms with van der Waals surface area (Å²) >= 11 is 0. The number of nitrogens with zero attached hydrogens (tertiary/aromatic N) is 2. The zero-order valence-corrected chi connectivity index (χ0v) is 16.2. The van der Waals surface area contributed by atoms with Gasteiger partial charge in [-0.1, -0.05) is 73.2 Å². The largest absolute Gasteiger partial charge is 0.385 e. The van der Waals surface area contributed by atoms with Gasteiger partial charge in [-0.3, -0.25) is 0 Å². The van der Waals surface area contributed by atoms with Crippen LogP contribution in [0.2, 0.25) is 0 Å². The maximum atomic E-state index is 4.53. The summed E-state index contributed by atoms with van der Waals surface area (Å²) in [6, 6.07) is 30.6. The van der Waals surface area contributed by atoms with Crippen molar-refractivity contribution in [3.8, 4) is 0 Å². The third kappa shape index (κ3) is 7.20. The summed E-state index contributed by atoms with van der Waals surface area (Å²) in [5.41, 5.74) is 4.25. The first-order chi connectivity index (χ1) is 13.9. The Morgan fingerprint density at radius 2 is 1.36 bits per heavy atom. The number of allylic oxidation sites excluding steroid dienone is 1. The van der Waals surface area contributed by atoms with Crippen molar-refractivity contribution in [2.75, 3.05) is 11.9 Å². The topological polar surface area (TPSA) is 36.8 Å². The molecule has 0 aliphatic carbocycles. The molecule has 0 aromatic heterocycles. The fourth-order valence-corrected chi connectivity index (χ4v) is 2.91. The van der Waals surface area contributed by atoms with E-state index < -0.39 is 0 Å². The first kappa shape index (κ1) is 19.6. The van der Waals surface area contributed by atoms with Crippen LogP contribution < -0.4 is 5.32 Å². The van der Waals surface area contributed by atoms with Gasteiger partial charge in [0.25, 0.3) is 0 Å². The van der Waals surface area contributed by atoms with Gasteiger partial charge in [-0.05, 0) is 55.2 Å². The predicted molar refractivity (Wildman–Crippen MR) is 119 cm³/mol. The second-order valence-electron chi connectivity index (χ2n) is 6.69. The molecule has 0 amide bonds. The molecule has 0 fully saturated rings. The number of rotatable bonds is 10. The molecular weight excluding hydrogens is 342 g/mol. The summed E-state index contributed by atoms with van der Waals surface area (Å²) in [4.78, 5) is 0. The van der Waals surface area contributed by atoms with E-state index in [1.807, 2.05) is 54.6 Å². The monoisotopic (exact) mass is 369 g/mol. The van der Waals surface area contributed by atoms with Gasteiger partial charge < -0.3 is 5.32 Å². The van der Waals surface area contributed by atoms with E-state index in [0.29, 0.717) is 0 Å². The molecule has 3 nitrogen and oxygen atoms in total. The van der Waals surface area contributed by atoms with Gasteiger partial charge in [-0.15, -0.1) is 0 Å². The molecule has 1 N–H and O–H groups in total. The molecule has 0 bridgehead atoms. The SMILES string of the molecule is C(=C(/CCCCCNc1ccccc1)N=Nc1ccccc1)/c1ccccc1. The quantitative estimate of drug-likeness (QED) is 0.292. The van der Waals surface area contributed by atoms with Crippen molar-refractivity contribution in [3.05, 3.63) is 102 Å². The fourth-order valence-electron chi connectivity index (χ4n) is 2.91. The van der Waals surface area contributed by atoms with Crippen molar-refractivity contribution >= 4 is 17.5 Å². The standard InChI is InChI=1S/C25H27N3/c1-5-13-22(14-6-1)21-25(28-27-24-17-9-3-10-18-24)19-11-4-12-20-26-23-15-7-2-8-16-23/h1-3,5-10,13-18,21,26H,4,11-12,19-20H2/b25-21+,28-27?. The minimum atomic E-state index is 0.883. The van der Waals surface area contributed by atoms with Crippen LogP contribution in [0.3, 0.4) is 0 Å². The normalized spacial score (nSPS) is 11.6. The van der Waals surface area contributed by atoms with Crippen molar-refractivity contribution in [2.24, 2.45) is 10.2 Å². The van der Waals surface area contributed by atoms with E-state index in [1.54, 1.807) is 0 Å². The van der Waals surface area contributed by atoms with E-state index in [4.69, 9.17) is 0 Å². The van der Waals surface area contributed by atoms with Crippen LogP contribution in [-0.4, -0.2) is 6.54 Å². The Hall–Kier alpha value is -3.20. The Morgan fingerprint density at radius 1 is 0.714 bits per heavy atom. The third-order valence-electron chi connectivity index (χ3n) is 4.40. The van der Waals surface area contributed by atoms with E-state index >= 15 is 0 Å². The van der Waals surface area contributed by atoms with Crippen LogP contribution in [0, 0.1) is 0 Å². The van der Waals surface area contributed by atoms with Crippen molar-refractivity contribution in [3.63, 3.8) is 0 Å². The third-order valence-corrected chi connectivity index (χ3v) is 4.40. The average molecular weight is 370 g/mol. The summed E-state index contributed by atoms with van der Waals surface area (Å²) < 4.78 is 0. The van der Waals surface area contributed by atoms with E-state index in [9.17, 15) is 0 Å². The Morgan fingerprint density at radius 3 is 2.07 bits per heavy atom. The molecule has 0 atom stereocenters. The Kier molecular flexibility index (Phi) is 8.03. The Bertz CT molecular complexity index is 856. The van der Waals surface area contributed by atoms with Crippen LogP contribution in [0.4, 0.5) is 11.4 Å². The second-order valence-corrected chi connectivity index (χ2v) is 6.69. The number of anilines is 1. The lowest BCUT2D eigenvalue weighted by atomic mass is 10.1. The van der Waals surface area contributed by atoms with Gasteiger partial charge >= 0.3 is 0 Å². The van der Waals surface area contributed by atoms with E-state index in [-0.39, 0.29) is 0 Å². The Balaban J connectivity index is 1.51. The lowest BCUT2D eigenvalue weighted by Gasteiger charge is -2.06. The molecule has 3 aromatic carbocycles. The van der Waals surface area contributed by atoms with Crippen molar-refractivity contribution in [1.29, 1.82) is 0 Å². The highest BCUT2D eigenvalue weighted by Crippen LogP contribution is 2.19. The highest BCUT2D eigenvalue weighted by molar-refractivity contribution is 5.52. The first-order valence-electron chi connectivity index (χ1n) is 9.91. The molecule has 3 heteroatoms. The van der Waals surface area contributed by atoms with Gasteiger partial charge in [0.15, 0.2) is 0 Å². The number of benzene rings is 3. The van der Waals surface area contributed by atoms with Crippen LogP contribution in [0.25, 0.3) is 6.08 Å². The smallest absolute Gasteiger partial charge is 0.0856 e. The molecule has 3 rings (SSSR count). The molecule has 28 heavy (non-hydrogen) atoms. The number of nitrogens with one attached hydrogen (secondary N) is 1. The molecule has 0 radical (unpaired) electrons. The van der Waals surface area contributed by atoms with Crippen LogP contribution in [-0.2, 0) is 0 Å². The van der Waals surface area contributed by atoms with Gasteiger partial charge in [0, 0.05) is 12.2 Å². The molecule has 0 spiro atoms. The number of hydrogen-bond acceptors (Lipinski definition) is 3. The molecule has 0 aliphatic rings. The maximum Gasteiger partial charge on any atom is 0.0856 e. The fraction of sp³-hybridized carbons (Fsp3) is 0.200. The van der Waals surface area contributed by atoms with Crippen LogP contribution in [0.5, 0.6) is 0 Å². The molecule has 0 unspecified atom stereocenters. The van der Waals surface area contributed by atoms with Crippen molar-refractivity contribution in [1.82, 2.24) is 0 Å². The van der Waals surface area contributed by atoms with E-state index in [2.05, 4.69) is 58.0 Å². The first-order valence-corrected chi connectivity index (χ1v) is 9.91. The predicted octanol–water partition coefficient (Wildman–Crippen LogP) is 7.48. The zero-order valence-electron chi connectivity index (χ0n) is 16.2. The molecule has 0 saturated carbocycles. The molecule has 3 aromatic rings. The van der Waals surface area contributed by atoms with Crippen LogP contribution in [0.15, 0.2) is 107 Å².